The molecule has 0 aliphatic carbocycles. The smallest absolute Gasteiger partial charge is 0.202 e. The van der Waals surface area contributed by atoms with Crippen molar-refractivity contribution in [2.24, 2.45) is 0 Å². The van der Waals surface area contributed by atoms with Crippen LogP contribution < -0.4 is 0 Å². The monoisotopic (exact) mass is 310 g/mol. The number of aliphatic hydroxyl groups excluding tert-OH is 1. The van der Waals surface area contributed by atoms with Crippen molar-refractivity contribution in [3.05, 3.63) is 49.5 Å². The summed E-state index contributed by atoms with van der Waals surface area (Å²) in [6, 6.07) is 8.21. The summed E-state index contributed by atoms with van der Waals surface area (Å²) in [7, 11) is 3.21. The molecule has 1 unspecified atom stereocenters. The molecule has 0 aromatic heterocycles. The summed E-state index contributed by atoms with van der Waals surface area (Å²) in [4.78, 5) is 22.4. The topological polar surface area (TPSA) is 77.8 Å². The Morgan fingerprint density at radius 3 is 2.29 bits per heavy atom. The Balaban J connectivity index is 0.00000256. The third-order valence-electron chi connectivity index (χ3n) is 1.90. The Bertz CT molecular complexity index is 382. The number of carbonyl (C=O) groups is 2. The van der Waals surface area contributed by atoms with Crippen LogP contribution in [0.3, 0.4) is 0 Å². The molecule has 0 aliphatic heterocycles. The standard InChI is InChI=1S/C11H11NO4.Y/c1-12(7-9(13)14)11(16)10(15)8-5-3-2-4-6-8;/h2-7,10,15H,1H2,(H,13,14);/q-2;. The minimum atomic E-state index is -1.41. The molecule has 0 bridgehead atoms. The summed E-state index contributed by atoms with van der Waals surface area (Å²) in [6.07, 6.45) is -1.41. The van der Waals surface area contributed by atoms with E-state index in [0.29, 0.717) is 17.0 Å². The van der Waals surface area contributed by atoms with Crippen LogP contribution in [0.1, 0.15) is 11.7 Å². The van der Waals surface area contributed by atoms with Crippen LogP contribution in [0.5, 0.6) is 0 Å². The minimum Gasteiger partial charge on any atom is -0.614 e. The second kappa shape index (κ2) is 7.43. The first-order chi connectivity index (χ1) is 7.52. The predicted molar refractivity (Wildman–Crippen MR) is 55.5 cm³/mol. The maximum atomic E-state index is 11.5. The fourth-order valence-electron chi connectivity index (χ4n) is 1.13. The van der Waals surface area contributed by atoms with Gasteiger partial charge in [-0.05, 0) is 5.56 Å². The molecule has 1 radical (unpaired) electrons. The van der Waals surface area contributed by atoms with Gasteiger partial charge in [0.15, 0.2) is 12.1 Å². The first-order valence-electron chi connectivity index (χ1n) is 4.46. The average molecular weight is 310 g/mol. The molecule has 0 saturated carbocycles. The molecule has 0 heterocycles. The molecule has 17 heavy (non-hydrogen) atoms. The molecule has 1 rings (SSSR count). The molecule has 1 amide bonds. The summed E-state index contributed by atoms with van der Waals surface area (Å²) >= 11 is 0. The van der Waals surface area contributed by atoms with Crippen LogP contribution in [0.25, 0.3) is 0 Å². The van der Waals surface area contributed by atoms with Gasteiger partial charge in [-0.2, -0.15) is 0 Å². The van der Waals surface area contributed by atoms with Gasteiger partial charge in [-0.15, -0.1) is 0 Å². The van der Waals surface area contributed by atoms with E-state index in [-0.39, 0.29) is 32.7 Å². The number of carbonyl (C=O) groups excluding carboxylic acids is 1. The van der Waals surface area contributed by atoms with Crippen LogP contribution in [0.15, 0.2) is 30.3 Å². The SMILES string of the molecule is [CH2-]N([CH-]C(=O)O)C(=O)C(O)c1ccccc1.[Y]. The molecule has 6 heteroatoms. The van der Waals surface area contributed by atoms with Crippen molar-refractivity contribution in [3.63, 3.8) is 0 Å². The van der Waals surface area contributed by atoms with E-state index >= 15 is 0 Å². The van der Waals surface area contributed by atoms with Crippen LogP contribution in [0.4, 0.5) is 0 Å². The third kappa shape index (κ3) is 4.85. The van der Waals surface area contributed by atoms with E-state index in [9.17, 15) is 14.7 Å². The van der Waals surface area contributed by atoms with Gasteiger partial charge in [-0.1, -0.05) is 30.3 Å². The van der Waals surface area contributed by atoms with Crippen molar-refractivity contribution >= 4 is 11.9 Å². The molecular weight excluding hydrogens is 299 g/mol. The summed E-state index contributed by atoms with van der Waals surface area (Å²) in [5.74, 6) is -2.10. The fraction of sp³-hybridized carbons (Fsp3) is 0.0909. The molecule has 89 valence electrons. The summed E-state index contributed by atoms with van der Waals surface area (Å²) in [5, 5.41) is 18.0. The largest absolute Gasteiger partial charge is 0.614 e. The van der Waals surface area contributed by atoms with Gasteiger partial charge in [0.05, 0.1) is 0 Å². The third-order valence-corrected chi connectivity index (χ3v) is 1.90. The molecular formula is C11H11NO4Y-2. The van der Waals surface area contributed by atoms with Crippen LogP contribution in [-0.4, -0.2) is 27.0 Å². The summed E-state index contributed by atoms with van der Waals surface area (Å²) in [5.41, 5.74) is 0.389. The number of hydrogen-bond donors (Lipinski definition) is 2. The van der Waals surface area contributed by atoms with E-state index in [4.69, 9.17) is 5.11 Å². The molecule has 5 nitrogen and oxygen atoms in total. The minimum absolute atomic E-state index is 0. The number of aliphatic hydroxyl groups is 1. The van der Waals surface area contributed by atoms with Crippen LogP contribution >= 0.6 is 0 Å². The normalized spacial score (nSPS) is 10.9. The quantitative estimate of drug-likeness (QED) is 0.798. The molecule has 0 aliphatic rings. The second-order valence-electron chi connectivity index (χ2n) is 3.09. The number of amides is 1. The van der Waals surface area contributed by atoms with Crippen LogP contribution in [-0.2, 0) is 42.3 Å². The van der Waals surface area contributed by atoms with Gasteiger partial charge in [-0.3, -0.25) is 16.6 Å². The van der Waals surface area contributed by atoms with Crippen molar-refractivity contribution in [1.29, 1.82) is 0 Å². The Labute approximate surface area is 124 Å². The van der Waals surface area contributed by atoms with E-state index in [1.54, 1.807) is 30.3 Å². The van der Waals surface area contributed by atoms with E-state index in [2.05, 4.69) is 7.05 Å². The van der Waals surface area contributed by atoms with Gasteiger partial charge in [-0.25, -0.2) is 6.54 Å². The molecule has 1 atom stereocenters. The average Bonchev–Trinajstić information content (AvgIpc) is 2.27. The molecule has 1 aromatic carbocycles. The van der Waals surface area contributed by atoms with Crippen LogP contribution in [0, 0.1) is 13.6 Å². The van der Waals surface area contributed by atoms with Crippen molar-refractivity contribution in [2.75, 3.05) is 0 Å². The zero-order valence-electron chi connectivity index (χ0n) is 8.98. The number of carboxylic acid groups (broad SMARTS) is 1. The number of aliphatic carboxylic acids is 1. The number of carboxylic acids is 1. The number of hydrogen-bond acceptors (Lipinski definition) is 3. The van der Waals surface area contributed by atoms with E-state index in [1.807, 2.05) is 0 Å². The van der Waals surface area contributed by atoms with Crippen molar-refractivity contribution in [2.45, 2.75) is 6.10 Å². The maximum Gasteiger partial charge on any atom is 0.202 e. The molecule has 1 aromatic rings. The first kappa shape index (κ1) is 16.1. The van der Waals surface area contributed by atoms with Gasteiger partial charge < -0.3 is 15.1 Å². The van der Waals surface area contributed by atoms with Gasteiger partial charge in [0.1, 0.15) is 0 Å². The number of benzene rings is 1. The van der Waals surface area contributed by atoms with Crippen LogP contribution in [0.2, 0.25) is 0 Å². The Hall–Kier alpha value is -0.906. The zero-order valence-corrected chi connectivity index (χ0v) is 11.8. The van der Waals surface area contributed by atoms with E-state index in [0.717, 1.165) is 0 Å². The Morgan fingerprint density at radius 2 is 1.82 bits per heavy atom. The van der Waals surface area contributed by atoms with E-state index < -0.39 is 18.0 Å². The van der Waals surface area contributed by atoms with Crippen molar-refractivity contribution in [3.8, 4) is 0 Å². The fourth-order valence-corrected chi connectivity index (χ4v) is 1.13. The Kier molecular flexibility index (Phi) is 7.03. The zero-order chi connectivity index (χ0) is 12.1. The van der Waals surface area contributed by atoms with E-state index in [1.165, 1.54) is 0 Å². The second-order valence-corrected chi connectivity index (χ2v) is 3.09. The van der Waals surface area contributed by atoms with Crippen molar-refractivity contribution in [1.82, 2.24) is 4.90 Å². The summed E-state index contributed by atoms with van der Waals surface area (Å²) < 4.78 is 0. The van der Waals surface area contributed by atoms with Gasteiger partial charge >= 0.3 is 0 Å². The van der Waals surface area contributed by atoms with Gasteiger partial charge in [0.25, 0.3) is 0 Å². The number of nitrogens with zero attached hydrogens (tertiary/aromatic N) is 1. The number of rotatable bonds is 4. The maximum absolute atomic E-state index is 11.5. The predicted octanol–water partition coefficient (Wildman–Crippen LogP) is 0.584. The molecule has 0 saturated heterocycles. The van der Waals surface area contributed by atoms with Gasteiger partial charge in [0.2, 0.25) is 5.91 Å². The summed E-state index contributed by atoms with van der Waals surface area (Å²) in [6.45, 7) is 0.592. The first-order valence-corrected chi connectivity index (χ1v) is 4.46. The Morgan fingerprint density at radius 1 is 1.29 bits per heavy atom. The molecule has 0 fully saturated rings. The van der Waals surface area contributed by atoms with Gasteiger partial charge in [0, 0.05) is 32.7 Å². The van der Waals surface area contributed by atoms with Crippen molar-refractivity contribution < 1.29 is 52.5 Å². The molecule has 2 N–H and O–H groups in total. The molecule has 0 spiro atoms.